The fraction of sp³-hybridized carbons (Fsp3) is 0.393. The van der Waals surface area contributed by atoms with Gasteiger partial charge in [-0.2, -0.15) is 0 Å². The SMILES string of the molecule is COP(=O)(c1c2c3c(cccc3c3cc(N(C)C)ccc13)C(=[N+](C)C)C=C2)N(C(C)C)C(C)C. The molecule has 34 heavy (non-hydrogen) atoms. The van der Waals surface area contributed by atoms with Crippen LogP contribution in [0.25, 0.3) is 27.6 Å². The third-order valence-electron chi connectivity index (χ3n) is 6.71. The number of nitrogens with zero attached hydrogens (tertiary/aromatic N) is 3. The number of anilines is 1. The molecule has 0 N–H and O–H groups in total. The van der Waals surface area contributed by atoms with E-state index in [2.05, 4.69) is 99.8 Å². The van der Waals surface area contributed by atoms with Gasteiger partial charge in [0.1, 0.15) is 14.1 Å². The highest BCUT2D eigenvalue weighted by atomic mass is 31.2. The lowest BCUT2D eigenvalue weighted by atomic mass is 9.88. The number of fused-ring (bicyclic) bond motifs is 2. The zero-order valence-corrected chi connectivity index (χ0v) is 22.8. The lowest BCUT2D eigenvalue weighted by Gasteiger charge is -2.38. The Kier molecular flexibility index (Phi) is 6.50. The molecule has 0 spiro atoms. The van der Waals surface area contributed by atoms with Crippen LogP contribution >= 0.6 is 7.52 Å². The number of hydrogen-bond donors (Lipinski definition) is 0. The maximum Gasteiger partial charge on any atom is 0.303 e. The van der Waals surface area contributed by atoms with Crippen molar-refractivity contribution in [2.24, 2.45) is 0 Å². The van der Waals surface area contributed by atoms with Gasteiger partial charge in [0.05, 0.1) is 10.9 Å². The van der Waals surface area contributed by atoms with Gasteiger partial charge in [-0.25, -0.2) is 9.25 Å². The summed E-state index contributed by atoms with van der Waals surface area (Å²) in [5.74, 6) is 0. The molecule has 0 saturated carbocycles. The van der Waals surface area contributed by atoms with Crippen molar-refractivity contribution in [3.05, 3.63) is 53.6 Å². The predicted molar refractivity (Wildman–Crippen MR) is 147 cm³/mol. The molecule has 0 saturated heterocycles. The van der Waals surface area contributed by atoms with Crippen molar-refractivity contribution in [1.82, 2.24) is 4.67 Å². The normalized spacial score (nSPS) is 15.1. The lowest BCUT2D eigenvalue weighted by molar-refractivity contribution is -0.462. The van der Waals surface area contributed by atoms with E-state index in [9.17, 15) is 0 Å². The molecular weight excluding hydrogens is 441 g/mol. The van der Waals surface area contributed by atoms with E-state index in [-0.39, 0.29) is 12.1 Å². The number of hydrogen-bond acceptors (Lipinski definition) is 3. The summed E-state index contributed by atoms with van der Waals surface area (Å²) in [4.78, 5) is 2.11. The molecule has 1 aliphatic carbocycles. The zero-order valence-electron chi connectivity index (χ0n) is 21.9. The fourth-order valence-electron chi connectivity index (χ4n) is 5.40. The van der Waals surface area contributed by atoms with E-state index >= 15 is 4.57 Å². The highest BCUT2D eigenvalue weighted by Crippen LogP contribution is 2.55. The van der Waals surface area contributed by atoms with Crippen molar-refractivity contribution in [2.75, 3.05) is 40.2 Å². The molecule has 0 aromatic heterocycles. The van der Waals surface area contributed by atoms with Crippen LogP contribution in [0.3, 0.4) is 0 Å². The Morgan fingerprint density at radius 3 is 2.15 bits per heavy atom. The Hall–Kier alpha value is -2.46. The average molecular weight is 479 g/mol. The van der Waals surface area contributed by atoms with Crippen molar-refractivity contribution in [2.45, 2.75) is 39.8 Å². The first-order valence-corrected chi connectivity index (χ1v) is 13.5. The van der Waals surface area contributed by atoms with E-state index in [1.165, 1.54) is 5.39 Å². The summed E-state index contributed by atoms with van der Waals surface area (Å²) in [5, 5.41) is 5.19. The molecule has 1 aliphatic rings. The summed E-state index contributed by atoms with van der Waals surface area (Å²) in [7, 11) is 6.41. The summed E-state index contributed by atoms with van der Waals surface area (Å²) in [5.41, 5.74) is 4.41. The Bertz CT molecular complexity index is 1370. The van der Waals surface area contributed by atoms with Gasteiger partial charge >= 0.3 is 7.52 Å². The van der Waals surface area contributed by atoms with Crippen molar-refractivity contribution >= 4 is 51.8 Å². The molecule has 6 heteroatoms. The van der Waals surface area contributed by atoms with Crippen molar-refractivity contribution in [3.8, 4) is 0 Å². The van der Waals surface area contributed by atoms with Crippen LogP contribution in [0, 0.1) is 0 Å². The summed E-state index contributed by atoms with van der Waals surface area (Å²) < 4.78 is 25.2. The molecule has 0 amide bonds. The lowest BCUT2D eigenvalue weighted by Crippen LogP contribution is -2.39. The maximum atomic E-state index is 15.0. The molecule has 1 unspecified atom stereocenters. The van der Waals surface area contributed by atoms with Crippen LogP contribution in [-0.2, 0) is 9.09 Å². The molecule has 180 valence electrons. The first-order valence-electron chi connectivity index (χ1n) is 11.9. The van der Waals surface area contributed by atoms with Gasteiger partial charge in [0.15, 0.2) is 0 Å². The molecule has 0 radical (unpaired) electrons. The van der Waals surface area contributed by atoms with Crippen LogP contribution in [0.4, 0.5) is 5.69 Å². The third kappa shape index (κ3) is 3.71. The molecule has 0 fully saturated rings. The van der Waals surface area contributed by atoms with Crippen LogP contribution < -0.4 is 10.2 Å². The highest BCUT2D eigenvalue weighted by molar-refractivity contribution is 7.65. The fourth-order valence-corrected chi connectivity index (χ4v) is 8.21. The van der Waals surface area contributed by atoms with E-state index in [1.807, 2.05) is 18.8 Å². The third-order valence-corrected chi connectivity index (χ3v) is 9.79. The second-order valence-electron chi connectivity index (χ2n) is 10.00. The van der Waals surface area contributed by atoms with Gasteiger partial charge in [0.2, 0.25) is 5.71 Å². The second-order valence-corrected chi connectivity index (χ2v) is 12.3. The van der Waals surface area contributed by atoms with Gasteiger partial charge < -0.3 is 9.42 Å². The van der Waals surface area contributed by atoms with E-state index in [1.54, 1.807) is 7.11 Å². The van der Waals surface area contributed by atoms with Gasteiger partial charge in [0, 0.05) is 50.4 Å². The maximum absolute atomic E-state index is 15.0. The van der Waals surface area contributed by atoms with Crippen LogP contribution in [0.1, 0.15) is 38.8 Å². The molecule has 3 aromatic rings. The molecule has 0 bridgehead atoms. The minimum Gasteiger partial charge on any atom is -0.378 e. The summed E-state index contributed by atoms with van der Waals surface area (Å²) >= 11 is 0. The van der Waals surface area contributed by atoms with Crippen LogP contribution in [-0.4, -0.2) is 62.3 Å². The molecule has 3 aromatic carbocycles. The van der Waals surface area contributed by atoms with E-state index in [0.29, 0.717) is 0 Å². The van der Waals surface area contributed by atoms with Crippen molar-refractivity contribution in [3.63, 3.8) is 0 Å². The molecule has 0 aliphatic heterocycles. The van der Waals surface area contributed by atoms with Gasteiger partial charge in [-0.1, -0.05) is 18.2 Å². The summed E-state index contributed by atoms with van der Waals surface area (Å²) in [6.45, 7) is 8.35. The van der Waals surface area contributed by atoms with Gasteiger partial charge in [0.25, 0.3) is 0 Å². The van der Waals surface area contributed by atoms with Gasteiger partial charge in [-0.15, -0.1) is 0 Å². The Labute approximate surface area is 203 Å². The largest absolute Gasteiger partial charge is 0.378 e. The number of rotatable bonds is 6. The zero-order chi connectivity index (χ0) is 24.9. The molecule has 1 atom stereocenters. The van der Waals surface area contributed by atoms with Crippen LogP contribution in [0.15, 0.2) is 42.5 Å². The molecular formula is C28H37N3O2P+. The Morgan fingerprint density at radius 2 is 1.59 bits per heavy atom. The number of benzene rings is 3. The molecule has 4 rings (SSSR count). The van der Waals surface area contributed by atoms with Gasteiger partial charge in [-0.3, -0.25) is 4.57 Å². The van der Waals surface area contributed by atoms with Crippen molar-refractivity contribution < 1.29 is 13.7 Å². The van der Waals surface area contributed by atoms with E-state index in [4.69, 9.17) is 4.52 Å². The first-order chi connectivity index (χ1) is 16.0. The standard InChI is InChI=1S/C28H37N3O2P/c1-18(2)31(19(3)4)34(32,33-9)28-22-14-13-20(29(5)6)17-25(22)21-11-10-12-23-26(30(7)8)16-15-24(28)27(21)23/h10-19H,1-9H3/q+1. The number of allylic oxidation sites excluding steroid dienone is 1. The highest BCUT2D eigenvalue weighted by Gasteiger charge is 2.41. The predicted octanol–water partition coefficient (Wildman–Crippen LogP) is 5.73. The minimum atomic E-state index is -3.40. The molecule has 5 nitrogen and oxygen atoms in total. The monoisotopic (exact) mass is 478 g/mol. The van der Waals surface area contributed by atoms with E-state index < -0.39 is 7.52 Å². The Morgan fingerprint density at radius 1 is 0.912 bits per heavy atom. The van der Waals surface area contributed by atoms with Gasteiger partial charge in [-0.05, 0) is 73.7 Å². The smallest absolute Gasteiger partial charge is 0.303 e. The second kappa shape index (κ2) is 8.96. The van der Waals surface area contributed by atoms with Crippen molar-refractivity contribution in [1.29, 1.82) is 0 Å². The first kappa shape index (κ1) is 24.7. The average Bonchev–Trinajstić information content (AvgIpc) is 2.78. The Balaban J connectivity index is 2.28. The summed E-state index contributed by atoms with van der Waals surface area (Å²) in [6, 6.07) is 13.0. The van der Waals surface area contributed by atoms with Crippen LogP contribution in [0.5, 0.6) is 0 Å². The van der Waals surface area contributed by atoms with Crippen LogP contribution in [0.2, 0.25) is 0 Å². The van der Waals surface area contributed by atoms with E-state index in [0.717, 1.165) is 44.0 Å². The quantitative estimate of drug-likeness (QED) is 0.258. The summed E-state index contributed by atoms with van der Waals surface area (Å²) in [6.07, 6.45) is 4.26. The molecule has 0 heterocycles. The topological polar surface area (TPSA) is 35.8 Å². The minimum absolute atomic E-state index is 0.0523.